The van der Waals surface area contributed by atoms with Crippen molar-refractivity contribution in [1.29, 1.82) is 0 Å². The lowest BCUT2D eigenvalue weighted by Crippen LogP contribution is -2.48. The highest BCUT2D eigenvalue weighted by molar-refractivity contribution is 5.96. The molecule has 2 unspecified atom stereocenters. The summed E-state index contributed by atoms with van der Waals surface area (Å²) in [5, 5.41) is 23.1. The van der Waals surface area contributed by atoms with Gasteiger partial charge in [-0.05, 0) is 24.3 Å². The maximum Gasteiger partial charge on any atom is 0.255 e. The molecule has 6 nitrogen and oxygen atoms in total. The van der Waals surface area contributed by atoms with E-state index < -0.39 is 23.5 Å². The van der Waals surface area contributed by atoms with Gasteiger partial charge in [0.15, 0.2) is 11.5 Å². The molecule has 0 spiro atoms. The van der Waals surface area contributed by atoms with Crippen molar-refractivity contribution in [2.75, 3.05) is 13.7 Å². The molecule has 6 heteroatoms. The summed E-state index contributed by atoms with van der Waals surface area (Å²) in [5.41, 5.74) is -0.248. The van der Waals surface area contributed by atoms with Crippen LogP contribution in [0.1, 0.15) is 31.1 Å². The Labute approximate surface area is 159 Å². The van der Waals surface area contributed by atoms with Gasteiger partial charge >= 0.3 is 0 Å². The average Bonchev–Trinajstić information content (AvgIpc) is 2.63. The molecule has 3 N–H and O–H groups in total. The van der Waals surface area contributed by atoms with Crippen molar-refractivity contribution in [2.45, 2.75) is 33.0 Å². The van der Waals surface area contributed by atoms with Gasteiger partial charge < -0.3 is 25.0 Å². The van der Waals surface area contributed by atoms with E-state index in [9.17, 15) is 15.0 Å². The summed E-state index contributed by atoms with van der Waals surface area (Å²) >= 11 is 0. The Morgan fingerprint density at radius 1 is 1.07 bits per heavy atom. The molecular formula is C21H27NO5. The Bertz CT molecular complexity index is 769. The molecule has 2 rings (SSSR count). The molecule has 2 aromatic rings. The number of ether oxygens (including phenoxy) is 2. The largest absolute Gasteiger partial charge is 0.507 e. The van der Waals surface area contributed by atoms with Gasteiger partial charge in [0.1, 0.15) is 18.0 Å². The molecule has 27 heavy (non-hydrogen) atoms. The third kappa shape index (κ3) is 5.37. The number of para-hydroxylation sites is 3. The van der Waals surface area contributed by atoms with Crippen LogP contribution in [0.4, 0.5) is 0 Å². The van der Waals surface area contributed by atoms with E-state index in [-0.39, 0.29) is 17.9 Å². The van der Waals surface area contributed by atoms with Crippen molar-refractivity contribution in [3.05, 3.63) is 54.1 Å². The van der Waals surface area contributed by atoms with Crippen molar-refractivity contribution in [3.8, 4) is 17.2 Å². The SMILES string of the molecule is COc1ccccc1OC(C(O)CNC(=O)c1ccccc1O)C(C)(C)C. The van der Waals surface area contributed by atoms with E-state index in [1.165, 1.54) is 12.1 Å². The number of amides is 1. The molecule has 0 bridgehead atoms. The van der Waals surface area contributed by atoms with Gasteiger partial charge in [0, 0.05) is 12.0 Å². The van der Waals surface area contributed by atoms with Crippen LogP contribution in [0.5, 0.6) is 17.2 Å². The van der Waals surface area contributed by atoms with E-state index in [4.69, 9.17) is 9.47 Å². The lowest BCUT2D eigenvalue weighted by molar-refractivity contribution is -0.0262. The van der Waals surface area contributed by atoms with Crippen molar-refractivity contribution >= 4 is 5.91 Å². The number of benzene rings is 2. The van der Waals surface area contributed by atoms with Crippen LogP contribution in [0.3, 0.4) is 0 Å². The first-order chi connectivity index (χ1) is 12.7. The van der Waals surface area contributed by atoms with Crippen molar-refractivity contribution in [2.24, 2.45) is 5.41 Å². The Morgan fingerprint density at radius 2 is 1.67 bits per heavy atom. The molecule has 0 saturated carbocycles. The zero-order valence-electron chi connectivity index (χ0n) is 16.1. The van der Waals surface area contributed by atoms with E-state index in [2.05, 4.69) is 5.32 Å². The van der Waals surface area contributed by atoms with Crippen molar-refractivity contribution < 1.29 is 24.5 Å². The number of hydrogen-bond acceptors (Lipinski definition) is 5. The number of aliphatic hydroxyl groups excluding tert-OH is 1. The van der Waals surface area contributed by atoms with Crippen LogP contribution >= 0.6 is 0 Å². The summed E-state index contributed by atoms with van der Waals surface area (Å²) in [7, 11) is 1.55. The molecule has 1 amide bonds. The summed E-state index contributed by atoms with van der Waals surface area (Å²) in [6, 6.07) is 13.5. The summed E-state index contributed by atoms with van der Waals surface area (Å²) in [6.07, 6.45) is -1.57. The number of aromatic hydroxyl groups is 1. The second-order valence-corrected chi connectivity index (χ2v) is 7.35. The second kappa shape index (κ2) is 8.77. The maximum atomic E-state index is 12.3. The Kier molecular flexibility index (Phi) is 6.69. The van der Waals surface area contributed by atoms with Gasteiger partial charge in [0.2, 0.25) is 0 Å². The minimum absolute atomic E-state index is 0.0236. The number of carbonyl (C=O) groups excluding carboxylic acids is 1. The van der Waals surface area contributed by atoms with Crippen LogP contribution in [-0.2, 0) is 0 Å². The van der Waals surface area contributed by atoms with Gasteiger partial charge in [-0.25, -0.2) is 0 Å². The molecule has 0 aliphatic carbocycles. The zero-order chi connectivity index (χ0) is 20.0. The van der Waals surface area contributed by atoms with Gasteiger partial charge in [-0.3, -0.25) is 4.79 Å². The number of aliphatic hydroxyl groups is 1. The molecule has 0 fully saturated rings. The molecular weight excluding hydrogens is 346 g/mol. The van der Waals surface area contributed by atoms with Gasteiger partial charge in [-0.2, -0.15) is 0 Å². The first-order valence-corrected chi connectivity index (χ1v) is 8.78. The van der Waals surface area contributed by atoms with Crippen LogP contribution in [0, 0.1) is 5.41 Å². The predicted octanol–water partition coefficient (Wildman–Crippen LogP) is 2.99. The van der Waals surface area contributed by atoms with Crippen LogP contribution in [0.2, 0.25) is 0 Å². The highest BCUT2D eigenvalue weighted by Crippen LogP contribution is 2.32. The highest BCUT2D eigenvalue weighted by atomic mass is 16.5. The highest BCUT2D eigenvalue weighted by Gasteiger charge is 2.34. The smallest absolute Gasteiger partial charge is 0.255 e. The van der Waals surface area contributed by atoms with Gasteiger partial charge in [-0.15, -0.1) is 0 Å². The van der Waals surface area contributed by atoms with Crippen molar-refractivity contribution in [1.82, 2.24) is 5.32 Å². The topological polar surface area (TPSA) is 88.0 Å². The second-order valence-electron chi connectivity index (χ2n) is 7.35. The number of rotatable bonds is 7. The molecule has 0 saturated heterocycles. The first-order valence-electron chi connectivity index (χ1n) is 8.78. The first kappa shape index (κ1) is 20.6. The molecule has 146 valence electrons. The summed E-state index contributed by atoms with van der Waals surface area (Å²) < 4.78 is 11.4. The van der Waals surface area contributed by atoms with Crippen LogP contribution in [0.15, 0.2) is 48.5 Å². The lowest BCUT2D eigenvalue weighted by atomic mass is 9.85. The zero-order valence-corrected chi connectivity index (χ0v) is 16.1. The van der Waals surface area contributed by atoms with E-state index in [1.807, 2.05) is 32.9 Å². The quantitative estimate of drug-likeness (QED) is 0.694. The summed E-state index contributed by atoms with van der Waals surface area (Å²) in [5.74, 6) is 0.516. The van der Waals surface area contributed by atoms with E-state index in [1.54, 1.807) is 31.4 Å². The predicted molar refractivity (Wildman–Crippen MR) is 103 cm³/mol. The number of nitrogens with one attached hydrogen (secondary N) is 1. The van der Waals surface area contributed by atoms with Gasteiger partial charge in [0.05, 0.1) is 12.7 Å². The number of carbonyl (C=O) groups is 1. The molecule has 0 radical (unpaired) electrons. The van der Waals surface area contributed by atoms with E-state index in [0.717, 1.165) is 0 Å². The van der Waals surface area contributed by atoms with Crippen LogP contribution in [-0.4, -0.2) is 42.0 Å². The fourth-order valence-electron chi connectivity index (χ4n) is 2.75. The molecule has 0 aliphatic heterocycles. The Hall–Kier alpha value is -2.73. The Balaban J connectivity index is 2.10. The standard InChI is InChI=1S/C21H27NO5/c1-21(2,3)19(27-18-12-8-7-11-17(18)26-4)16(24)13-22-20(25)14-9-5-6-10-15(14)23/h5-12,16,19,23-24H,13H2,1-4H3,(H,22,25). The number of phenolic OH excluding ortho intramolecular Hbond substituents is 1. The summed E-state index contributed by atoms with van der Waals surface area (Å²) in [4.78, 5) is 12.3. The molecule has 2 atom stereocenters. The Morgan fingerprint density at radius 3 is 2.26 bits per heavy atom. The fourth-order valence-corrected chi connectivity index (χ4v) is 2.75. The summed E-state index contributed by atoms with van der Waals surface area (Å²) in [6.45, 7) is 5.81. The molecule has 2 aromatic carbocycles. The number of methoxy groups -OCH3 is 1. The third-order valence-corrected chi connectivity index (χ3v) is 4.15. The van der Waals surface area contributed by atoms with Gasteiger partial charge in [-0.1, -0.05) is 45.0 Å². The number of phenols is 1. The van der Waals surface area contributed by atoms with E-state index >= 15 is 0 Å². The third-order valence-electron chi connectivity index (χ3n) is 4.15. The molecule has 0 aliphatic rings. The number of hydrogen-bond donors (Lipinski definition) is 3. The van der Waals surface area contributed by atoms with Crippen LogP contribution in [0.25, 0.3) is 0 Å². The molecule has 0 heterocycles. The average molecular weight is 373 g/mol. The fraction of sp³-hybridized carbons (Fsp3) is 0.381. The van der Waals surface area contributed by atoms with E-state index in [0.29, 0.717) is 11.5 Å². The molecule has 0 aromatic heterocycles. The minimum atomic E-state index is -0.968. The van der Waals surface area contributed by atoms with Crippen LogP contribution < -0.4 is 14.8 Å². The monoisotopic (exact) mass is 373 g/mol. The van der Waals surface area contributed by atoms with Gasteiger partial charge in [0.25, 0.3) is 5.91 Å². The van der Waals surface area contributed by atoms with Crippen molar-refractivity contribution in [3.63, 3.8) is 0 Å². The minimum Gasteiger partial charge on any atom is -0.507 e. The maximum absolute atomic E-state index is 12.3. The lowest BCUT2D eigenvalue weighted by Gasteiger charge is -2.35. The normalized spacial score (nSPS) is 13.5.